The Morgan fingerprint density at radius 2 is 1.85 bits per heavy atom. The third kappa shape index (κ3) is 3.22. The molecule has 0 radical (unpaired) electrons. The molecular formula is C12H10F3N5. The van der Waals surface area contributed by atoms with E-state index in [1.165, 1.54) is 18.5 Å². The van der Waals surface area contributed by atoms with E-state index in [0.717, 1.165) is 17.8 Å². The van der Waals surface area contributed by atoms with Crippen molar-refractivity contribution in [2.45, 2.75) is 6.18 Å². The van der Waals surface area contributed by atoms with Crippen molar-refractivity contribution in [1.29, 1.82) is 0 Å². The van der Waals surface area contributed by atoms with Crippen LogP contribution in [0.1, 0.15) is 5.69 Å². The minimum absolute atomic E-state index is 0.514. The van der Waals surface area contributed by atoms with Crippen LogP contribution in [0.25, 0.3) is 5.52 Å². The summed E-state index contributed by atoms with van der Waals surface area (Å²) in [4.78, 5) is 6.95. The van der Waals surface area contributed by atoms with Gasteiger partial charge in [0, 0.05) is 12.4 Å². The first-order chi connectivity index (χ1) is 9.48. The summed E-state index contributed by atoms with van der Waals surface area (Å²) in [5.74, 6) is 0.514. The molecule has 20 heavy (non-hydrogen) atoms. The molecule has 104 valence electrons. The second-order valence-electron chi connectivity index (χ2n) is 3.70. The van der Waals surface area contributed by atoms with Crippen molar-refractivity contribution in [2.75, 3.05) is 5.73 Å². The fourth-order valence-electron chi connectivity index (χ4n) is 1.42. The lowest BCUT2D eigenvalue weighted by molar-refractivity contribution is -0.141. The molecule has 3 rings (SSSR count). The summed E-state index contributed by atoms with van der Waals surface area (Å²) in [5, 5.41) is 3.93. The first-order valence-corrected chi connectivity index (χ1v) is 5.50. The molecule has 3 aromatic heterocycles. The highest BCUT2D eigenvalue weighted by Crippen LogP contribution is 2.26. The van der Waals surface area contributed by atoms with Gasteiger partial charge in [0.2, 0.25) is 0 Å². The van der Waals surface area contributed by atoms with Crippen LogP contribution in [0.2, 0.25) is 0 Å². The third-order valence-corrected chi connectivity index (χ3v) is 2.32. The fraction of sp³-hybridized carbons (Fsp3) is 0.0833. The summed E-state index contributed by atoms with van der Waals surface area (Å²) in [5.41, 5.74) is 5.53. The van der Waals surface area contributed by atoms with Crippen molar-refractivity contribution in [3.63, 3.8) is 0 Å². The molecule has 0 unspecified atom stereocenters. The maximum Gasteiger partial charge on any atom is 0.433 e. The first kappa shape index (κ1) is 13.8. The van der Waals surface area contributed by atoms with Crippen LogP contribution in [-0.2, 0) is 6.18 Å². The standard InChI is InChI=1S/C6H4F3N.C6H6N4/c7-6(8,9)5-3-1-2-4-10-5;7-6-5-2-1-3-10(5)9-4-8-6/h1-4H;1-4H,(H2,7,8,9). The Kier molecular flexibility index (Phi) is 3.83. The summed E-state index contributed by atoms with van der Waals surface area (Å²) in [7, 11) is 0. The van der Waals surface area contributed by atoms with Gasteiger partial charge in [-0.3, -0.25) is 4.98 Å². The van der Waals surface area contributed by atoms with Gasteiger partial charge in [0.15, 0.2) is 5.82 Å². The molecule has 3 heterocycles. The fourth-order valence-corrected chi connectivity index (χ4v) is 1.42. The van der Waals surface area contributed by atoms with Crippen molar-refractivity contribution in [3.05, 3.63) is 54.7 Å². The van der Waals surface area contributed by atoms with Crippen molar-refractivity contribution < 1.29 is 13.2 Å². The number of hydrogen-bond acceptors (Lipinski definition) is 4. The monoisotopic (exact) mass is 281 g/mol. The van der Waals surface area contributed by atoms with E-state index in [4.69, 9.17) is 5.73 Å². The second kappa shape index (κ2) is 5.55. The molecule has 0 aliphatic heterocycles. The van der Waals surface area contributed by atoms with E-state index in [1.807, 2.05) is 18.3 Å². The van der Waals surface area contributed by atoms with Crippen molar-refractivity contribution in [3.8, 4) is 0 Å². The molecule has 3 aromatic rings. The quantitative estimate of drug-likeness (QED) is 0.687. The van der Waals surface area contributed by atoms with Crippen LogP contribution in [-0.4, -0.2) is 19.6 Å². The predicted octanol–water partition coefficient (Wildman–Crippen LogP) is 2.41. The highest BCUT2D eigenvalue weighted by Gasteiger charge is 2.31. The van der Waals surface area contributed by atoms with Gasteiger partial charge < -0.3 is 5.73 Å². The largest absolute Gasteiger partial charge is 0.433 e. The van der Waals surface area contributed by atoms with Gasteiger partial charge in [0.1, 0.15) is 17.5 Å². The van der Waals surface area contributed by atoms with E-state index in [0.29, 0.717) is 5.82 Å². The van der Waals surface area contributed by atoms with Gasteiger partial charge in [-0.2, -0.15) is 18.3 Å². The molecule has 0 amide bonds. The van der Waals surface area contributed by atoms with Gasteiger partial charge in [-0.25, -0.2) is 9.50 Å². The van der Waals surface area contributed by atoms with Crippen LogP contribution in [0.5, 0.6) is 0 Å². The maximum absolute atomic E-state index is 11.7. The molecule has 0 atom stereocenters. The van der Waals surface area contributed by atoms with Gasteiger partial charge in [-0.05, 0) is 24.3 Å². The number of rotatable bonds is 0. The first-order valence-electron chi connectivity index (χ1n) is 5.50. The lowest BCUT2D eigenvalue weighted by Crippen LogP contribution is -2.06. The van der Waals surface area contributed by atoms with Gasteiger partial charge >= 0.3 is 6.18 Å². The summed E-state index contributed by atoms with van der Waals surface area (Å²) in [6.07, 6.45) is 0.0553. The molecule has 8 heteroatoms. The summed E-state index contributed by atoms with van der Waals surface area (Å²) in [6.45, 7) is 0. The number of hydrogen-bond donors (Lipinski definition) is 1. The SMILES string of the molecule is FC(F)(F)c1ccccn1.Nc1ncnn2cccc12. The number of nitrogens with zero attached hydrogens (tertiary/aromatic N) is 4. The maximum atomic E-state index is 11.7. The van der Waals surface area contributed by atoms with Crippen molar-refractivity contribution >= 4 is 11.3 Å². The number of fused-ring (bicyclic) bond motifs is 1. The van der Waals surface area contributed by atoms with Gasteiger partial charge in [-0.1, -0.05) is 6.07 Å². The molecule has 2 N–H and O–H groups in total. The van der Waals surface area contributed by atoms with Crippen LogP contribution in [0, 0.1) is 0 Å². The number of nitrogen functional groups attached to an aromatic ring is 1. The number of anilines is 1. The van der Waals surface area contributed by atoms with E-state index in [-0.39, 0.29) is 0 Å². The van der Waals surface area contributed by atoms with E-state index in [9.17, 15) is 13.2 Å². The van der Waals surface area contributed by atoms with E-state index in [2.05, 4.69) is 15.1 Å². The molecule has 0 saturated heterocycles. The molecule has 0 fully saturated rings. The molecule has 0 bridgehead atoms. The van der Waals surface area contributed by atoms with Crippen LogP contribution in [0.4, 0.5) is 19.0 Å². The van der Waals surface area contributed by atoms with Crippen LogP contribution in [0.3, 0.4) is 0 Å². The van der Waals surface area contributed by atoms with Crippen molar-refractivity contribution in [2.24, 2.45) is 0 Å². The normalized spacial score (nSPS) is 10.9. The third-order valence-electron chi connectivity index (χ3n) is 2.32. The average molecular weight is 281 g/mol. The predicted molar refractivity (Wildman–Crippen MR) is 66.6 cm³/mol. The van der Waals surface area contributed by atoms with Crippen molar-refractivity contribution in [1.82, 2.24) is 19.6 Å². The lowest BCUT2D eigenvalue weighted by Gasteiger charge is -2.02. The number of alkyl halides is 3. The second-order valence-corrected chi connectivity index (χ2v) is 3.70. The van der Waals surface area contributed by atoms with Gasteiger partial charge in [0.05, 0.1) is 0 Å². The number of nitrogens with two attached hydrogens (primary N) is 1. The Bertz CT molecular complexity index is 678. The molecule has 0 aliphatic rings. The van der Waals surface area contributed by atoms with Crippen LogP contribution >= 0.6 is 0 Å². The Hall–Kier alpha value is -2.64. The summed E-state index contributed by atoms with van der Waals surface area (Å²) >= 11 is 0. The van der Waals surface area contributed by atoms with Crippen LogP contribution in [0.15, 0.2) is 49.1 Å². The summed E-state index contributed by atoms with van der Waals surface area (Å²) < 4.78 is 36.9. The Labute approximate surface area is 111 Å². The Morgan fingerprint density at radius 3 is 2.40 bits per heavy atom. The minimum atomic E-state index is -4.32. The molecule has 0 aromatic carbocycles. The Balaban J connectivity index is 0.000000147. The van der Waals surface area contributed by atoms with E-state index < -0.39 is 11.9 Å². The zero-order valence-corrected chi connectivity index (χ0v) is 10.1. The highest BCUT2D eigenvalue weighted by molar-refractivity contribution is 5.63. The zero-order chi connectivity index (χ0) is 14.6. The smallest absolute Gasteiger partial charge is 0.382 e. The molecule has 5 nitrogen and oxygen atoms in total. The number of halogens is 3. The molecule has 0 spiro atoms. The van der Waals surface area contributed by atoms with E-state index in [1.54, 1.807) is 4.52 Å². The molecular weight excluding hydrogens is 271 g/mol. The molecule has 0 saturated carbocycles. The Morgan fingerprint density at radius 1 is 1.05 bits per heavy atom. The minimum Gasteiger partial charge on any atom is -0.382 e. The molecule has 0 aliphatic carbocycles. The zero-order valence-electron chi connectivity index (χ0n) is 10.1. The van der Waals surface area contributed by atoms with Gasteiger partial charge in [-0.15, -0.1) is 0 Å². The number of aromatic nitrogens is 4. The van der Waals surface area contributed by atoms with E-state index >= 15 is 0 Å². The highest BCUT2D eigenvalue weighted by atomic mass is 19.4. The topological polar surface area (TPSA) is 69.1 Å². The summed E-state index contributed by atoms with van der Waals surface area (Å²) in [6, 6.07) is 7.42. The van der Waals surface area contributed by atoms with Gasteiger partial charge in [0.25, 0.3) is 0 Å². The number of pyridine rings is 1. The average Bonchev–Trinajstić information content (AvgIpc) is 2.89. The van der Waals surface area contributed by atoms with Crippen LogP contribution < -0.4 is 5.73 Å². The lowest BCUT2D eigenvalue weighted by atomic mass is 10.3.